The number of amides is 1. The van der Waals surface area contributed by atoms with E-state index >= 15 is 0 Å². The van der Waals surface area contributed by atoms with Crippen molar-refractivity contribution in [3.05, 3.63) is 0 Å². The van der Waals surface area contributed by atoms with Gasteiger partial charge in [0, 0.05) is 19.1 Å². The molecule has 6 heteroatoms. The fourth-order valence-corrected chi connectivity index (χ4v) is 2.63. The second-order valence-corrected chi connectivity index (χ2v) is 5.57. The Morgan fingerprint density at radius 2 is 1.72 bits per heavy atom. The lowest BCUT2D eigenvalue weighted by Crippen LogP contribution is -2.49. The van der Waals surface area contributed by atoms with Crippen LogP contribution in [0.1, 0.15) is 25.7 Å². The van der Waals surface area contributed by atoms with Gasteiger partial charge in [-0.05, 0) is 39.8 Å². The van der Waals surface area contributed by atoms with Gasteiger partial charge in [-0.2, -0.15) is 13.2 Å². The SMILES string of the molecule is CN(C)C1CCN(C(=O)C2(C(F)(F)F)CC2)CC1. The molecule has 1 aliphatic heterocycles. The van der Waals surface area contributed by atoms with E-state index in [1.165, 1.54) is 4.90 Å². The second kappa shape index (κ2) is 4.40. The van der Waals surface area contributed by atoms with E-state index in [1.54, 1.807) is 0 Å². The summed E-state index contributed by atoms with van der Waals surface area (Å²) in [7, 11) is 3.92. The molecule has 0 unspecified atom stereocenters. The van der Waals surface area contributed by atoms with E-state index in [0.717, 1.165) is 12.8 Å². The highest BCUT2D eigenvalue weighted by Gasteiger charge is 2.69. The fraction of sp³-hybridized carbons (Fsp3) is 0.917. The third kappa shape index (κ3) is 2.22. The Bertz CT molecular complexity index is 329. The lowest BCUT2D eigenvalue weighted by Gasteiger charge is -2.37. The standard InChI is InChI=1S/C12H19F3N2O/c1-16(2)9-3-7-17(8-4-9)10(18)11(5-6-11)12(13,14)15/h9H,3-8H2,1-2H3. The van der Waals surface area contributed by atoms with Gasteiger partial charge in [0.25, 0.3) is 0 Å². The molecule has 0 spiro atoms. The Kier molecular flexibility index (Phi) is 3.34. The van der Waals surface area contributed by atoms with Crippen LogP contribution in [0.15, 0.2) is 0 Å². The van der Waals surface area contributed by atoms with Crippen molar-refractivity contribution in [2.45, 2.75) is 37.9 Å². The number of likely N-dealkylation sites (tertiary alicyclic amines) is 1. The van der Waals surface area contributed by atoms with Gasteiger partial charge in [0.15, 0.2) is 0 Å². The van der Waals surface area contributed by atoms with E-state index in [4.69, 9.17) is 0 Å². The van der Waals surface area contributed by atoms with Crippen molar-refractivity contribution in [3.63, 3.8) is 0 Å². The predicted octanol–water partition coefficient (Wildman–Crippen LogP) is 1.88. The summed E-state index contributed by atoms with van der Waals surface area (Å²) in [6.45, 7) is 0.888. The van der Waals surface area contributed by atoms with Gasteiger partial charge in [0.1, 0.15) is 5.41 Å². The van der Waals surface area contributed by atoms with Gasteiger partial charge in [-0.3, -0.25) is 4.79 Å². The quantitative estimate of drug-likeness (QED) is 0.760. The summed E-state index contributed by atoms with van der Waals surface area (Å²) < 4.78 is 38.6. The van der Waals surface area contributed by atoms with Crippen LogP contribution in [0.5, 0.6) is 0 Å². The lowest BCUT2D eigenvalue weighted by atomic mass is 9.99. The van der Waals surface area contributed by atoms with E-state index in [9.17, 15) is 18.0 Å². The summed E-state index contributed by atoms with van der Waals surface area (Å²) in [5.74, 6) is -0.702. The number of carbonyl (C=O) groups is 1. The normalized spacial score (nSPS) is 24.4. The lowest BCUT2D eigenvalue weighted by molar-refractivity contribution is -0.199. The third-order valence-electron chi connectivity index (χ3n) is 4.18. The topological polar surface area (TPSA) is 23.6 Å². The highest BCUT2D eigenvalue weighted by Crippen LogP contribution is 2.58. The van der Waals surface area contributed by atoms with Crippen LogP contribution in [-0.2, 0) is 4.79 Å². The average Bonchev–Trinajstić information content (AvgIpc) is 3.08. The number of rotatable bonds is 2. The summed E-state index contributed by atoms with van der Waals surface area (Å²) in [6, 6.07) is 0.370. The molecular weight excluding hydrogens is 245 g/mol. The Morgan fingerprint density at radius 3 is 2.06 bits per heavy atom. The molecule has 0 aromatic carbocycles. The number of carbonyl (C=O) groups excluding carboxylic acids is 1. The Balaban J connectivity index is 1.97. The van der Waals surface area contributed by atoms with E-state index in [0.29, 0.717) is 19.1 Å². The molecule has 0 bridgehead atoms. The summed E-state index contributed by atoms with van der Waals surface area (Å²) in [6.07, 6.45) is -2.95. The van der Waals surface area contributed by atoms with Gasteiger partial charge in [0.2, 0.25) is 5.91 Å². The number of hydrogen-bond acceptors (Lipinski definition) is 2. The Morgan fingerprint density at radius 1 is 1.22 bits per heavy atom. The molecule has 2 rings (SSSR count). The first kappa shape index (κ1) is 13.6. The molecule has 0 N–H and O–H groups in total. The summed E-state index contributed by atoms with van der Waals surface area (Å²) in [5.41, 5.74) is -2.04. The van der Waals surface area contributed by atoms with Gasteiger partial charge in [-0.1, -0.05) is 0 Å². The second-order valence-electron chi connectivity index (χ2n) is 5.57. The zero-order valence-electron chi connectivity index (χ0n) is 10.8. The van der Waals surface area contributed by atoms with Crippen molar-refractivity contribution in [2.24, 2.45) is 5.41 Å². The molecule has 0 atom stereocenters. The van der Waals surface area contributed by atoms with Gasteiger partial charge in [-0.25, -0.2) is 0 Å². The number of piperidine rings is 1. The van der Waals surface area contributed by atoms with Crippen molar-refractivity contribution in [2.75, 3.05) is 27.2 Å². The molecule has 0 aromatic rings. The monoisotopic (exact) mass is 264 g/mol. The van der Waals surface area contributed by atoms with Crippen LogP contribution < -0.4 is 0 Å². The largest absolute Gasteiger partial charge is 0.403 e. The van der Waals surface area contributed by atoms with E-state index in [1.807, 2.05) is 14.1 Å². The molecule has 2 aliphatic rings. The molecular formula is C12H19F3N2O. The molecule has 1 saturated heterocycles. The molecule has 0 radical (unpaired) electrons. The van der Waals surface area contributed by atoms with Crippen LogP contribution in [0.2, 0.25) is 0 Å². The van der Waals surface area contributed by atoms with Gasteiger partial charge in [-0.15, -0.1) is 0 Å². The fourth-order valence-electron chi connectivity index (χ4n) is 2.63. The van der Waals surface area contributed by atoms with Crippen molar-refractivity contribution < 1.29 is 18.0 Å². The number of nitrogens with zero attached hydrogens (tertiary/aromatic N) is 2. The van der Waals surface area contributed by atoms with E-state index in [-0.39, 0.29) is 12.8 Å². The first-order valence-corrected chi connectivity index (χ1v) is 6.30. The average molecular weight is 264 g/mol. The third-order valence-corrected chi connectivity index (χ3v) is 4.18. The van der Waals surface area contributed by atoms with Crippen LogP contribution in [0, 0.1) is 5.41 Å². The number of alkyl halides is 3. The molecule has 1 aliphatic carbocycles. The van der Waals surface area contributed by atoms with Crippen molar-refractivity contribution in [3.8, 4) is 0 Å². The van der Waals surface area contributed by atoms with Crippen molar-refractivity contribution >= 4 is 5.91 Å². The smallest absolute Gasteiger partial charge is 0.342 e. The molecule has 18 heavy (non-hydrogen) atoms. The minimum Gasteiger partial charge on any atom is -0.342 e. The molecule has 0 aromatic heterocycles. The predicted molar refractivity (Wildman–Crippen MR) is 61.0 cm³/mol. The van der Waals surface area contributed by atoms with Crippen LogP contribution >= 0.6 is 0 Å². The molecule has 3 nitrogen and oxygen atoms in total. The summed E-state index contributed by atoms with van der Waals surface area (Å²) in [5, 5.41) is 0. The highest BCUT2D eigenvalue weighted by molar-refractivity contribution is 5.86. The van der Waals surface area contributed by atoms with Gasteiger partial charge >= 0.3 is 6.18 Å². The zero-order valence-corrected chi connectivity index (χ0v) is 10.8. The first-order valence-electron chi connectivity index (χ1n) is 6.30. The van der Waals surface area contributed by atoms with Crippen molar-refractivity contribution in [1.82, 2.24) is 9.80 Å². The Labute approximate surface area is 105 Å². The van der Waals surface area contributed by atoms with Crippen molar-refractivity contribution in [1.29, 1.82) is 0 Å². The van der Waals surface area contributed by atoms with Gasteiger partial charge < -0.3 is 9.80 Å². The van der Waals surface area contributed by atoms with E-state index in [2.05, 4.69) is 4.90 Å². The summed E-state index contributed by atoms with van der Waals surface area (Å²) >= 11 is 0. The van der Waals surface area contributed by atoms with Crippen LogP contribution in [0.4, 0.5) is 13.2 Å². The molecule has 2 fully saturated rings. The first-order chi connectivity index (χ1) is 8.28. The number of halogens is 3. The maximum absolute atomic E-state index is 12.9. The maximum atomic E-state index is 12.9. The molecule has 1 amide bonds. The van der Waals surface area contributed by atoms with E-state index < -0.39 is 17.5 Å². The molecule has 1 heterocycles. The van der Waals surface area contributed by atoms with Crippen LogP contribution in [-0.4, -0.2) is 55.1 Å². The summed E-state index contributed by atoms with van der Waals surface area (Å²) in [4.78, 5) is 15.5. The Hall–Kier alpha value is -0.780. The zero-order chi connectivity index (χ0) is 13.6. The highest BCUT2D eigenvalue weighted by atomic mass is 19.4. The molecule has 104 valence electrons. The number of hydrogen-bond donors (Lipinski definition) is 0. The molecule has 1 saturated carbocycles. The minimum absolute atomic E-state index is 0.0387. The maximum Gasteiger partial charge on any atom is 0.403 e. The van der Waals surface area contributed by atoms with Crippen LogP contribution in [0.25, 0.3) is 0 Å². The van der Waals surface area contributed by atoms with Gasteiger partial charge in [0.05, 0.1) is 0 Å². The van der Waals surface area contributed by atoms with Crippen LogP contribution in [0.3, 0.4) is 0 Å². The minimum atomic E-state index is -4.39.